The number of carbonyl (C=O) groups is 1. The Morgan fingerprint density at radius 1 is 1.23 bits per heavy atom. The van der Waals surface area contributed by atoms with Gasteiger partial charge in [0.05, 0.1) is 15.9 Å². The van der Waals surface area contributed by atoms with E-state index in [2.05, 4.69) is 28.4 Å². The second-order valence-electron chi connectivity index (χ2n) is 5.58. The average molecular weight is 314 g/mol. The van der Waals surface area contributed by atoms with E-state index in [9.17, 15) is 4.79 Å². The number of benzene rings is 1. The number of fused-ring (bicyclic) bond motifs is 1. The predicted molar refractivity (Wildman–Crippen MR) is 89.4 cm³/mol. The van der Waals surface area contributed by atoms with Crippen LogP contribution in [0.1, 0.15) is 22.5 Å². The van der Waals surface area contributed by atoms with E-state index >= 15 is 0 Å². The minimum atomic E-state index is -0.111. The first-order chi connectivity index (χ1) is 10.4. The van der Waals surface area contributed by atoms with Crippen molar-refractivity contribution in [2.75, 3.05) is 5.32 Å². The molecule has 3 aromatic rings. The van der Waals surface area contributed by atoms with Crippen LogP contribution in [-0.4, -0.2) is 20.7 Å². The third-order valence-corrected chi connectivity index (χ3v) is 4.59. The molecule has 5 nitrogen and oxygen atoms in total. The van der Waals surface area contributed by atoms with Gasteiger partial charge >= 0.3 is 0 Å². The molecule has 0 unspecified atom stereocenters. The van der Waals surface area contributed by atoms with Gasteiger partial charge in [0.2, 0.25) is 5.91 Å². The van der Waals surface area contributed by atoms with Crippen LogP contribution in [0.25, 0.3) is 10.2 Å². The van der Waals surface area contributed by atoms with Crippen molar-refractivity contribution in [2.24, 2.45) is 0 Å². The number of aryl methyl sites for hydroxylation is 4. The van der Waals surface area contributed by atoms with E-state index in [0.29, 0.717) is 5.13 Å². The zero-order valence-corrected chi connectivity index (χ0v) is 13.9. The summed E-state index contributed by atoms with van der Waals surface area (Å²) < 4.78 is 2.82. The molecule has 0 aliphatic carbocycles. The number of anilines is 1. The van der Waals surface area contributed by atoms with Crippen molar-refractivity contribution in [2.45, 2.75) is 34.2 Å². The Labute approximate surface area is 133 Å². The standard InChI is InChI=1S/C16H18N4OS/c1-9-5-10(2)15-13(6-9)17-16(22-15)18-14(21)8-20-12(4)7-11(3)19-20/h5-7H,8H2,1-4H3,(H,17,18,21). The van der Waals surface area contributed by atoms with Gasteiger partial charge in [-0.2, -0.15) is 5.10 Å². The number of nitrogens with zero attached hydrogens (tertiary/aromatic N) is 3. The number of carbonyl (C=O) groups excluding carboxylic acids is 1. The van der Waals surface area contributed by atoms with Crippen LogP contribution >= 0.6 is 11.3 Å². The molecule has 1 amide bonds. The molecular weight excluding hydrogens is 296 g/mol. The third-order valence-electron chi connectivity index (χ3n) is 3.46. The van der Waals surface area contributed by atoms with Gasteiger partial charge in [0, 0.05) is 5.69 Å². The number of hydrogen-bond donors (Lipinski definition) is 1. The Kier molecular flexibility index (Phi) is 3.70. The minimum absolute atomic E-state index is 0.111. The Morgan fingerprint density at radius 3 is 2.68 bits per heavy atom. The van der Waals surface area contributed by atoms with Gasteiger partial charge in [-0.25, -0.2) is 4.98 Å². The molecule has 1 N–H and O–H groups in total. The maximum atomic E-state index is 12.2. The van der Waals surface area contributed by atoms with Gasteiger partial charge in [0.25, 0.3) is 0 Å². The van der Waals surface area contributed by atoms with Gasteiger partial charge in [-0.15, -0.1) is 0 Å². The first-order valence-corrected chi connectivity index (χ1v) is 7.93. The van der Waals surface area contributed by atoms with Crippen LogP contribution in [0.15, 0.2) is 18.2 Å². The molecule has 6 heteroatoms. The van der Waals surface area contributed by atoms with E-state index in [1.807, 2.05) is 32.9 Å². The summed E-state index contributed by atoms with van der Waals surface area (Å²) in [6, 6.07) is 6.12. The minimum Gasteiger partial charge on any atom is -0.300 e. The smallest absolute Gasteiger partial charge is 0.247 e. The van der Waals surface area contributed by atoms with Crippen molar-refractivity contribution in [1.29, 1.82) is 0 Å². The second-order valence-corrected chi connectivity index (χ2v) is 6.58. The van der Waals surface area contributed by atoms with Gasteiger partial charge in [0.1, 0.15) is 6.54 Å². The highest BCUT2D eigenvalue weighted by molar-refractivity contribution is 7.22. The largest absolute Gasteiger partial charge is 0.300 e. The summed E-state index contributed by atoms with van der Waals surface area (Å²) in [5.74, 6) is -0.111. The normalized spacial score (nSPS) is 11.1. The first-order valence-electron chi connectivity index (χ1n) is 7.11. The van der Waals surface area contributed by atoms with Crippen LogP contribution in [0, 0.1) is 27.7 Å². The summed E-state index contributed by atoms with van der Waals surface area (Å²) >= 11 is 1.51. The van der Waals surface area contributed by atoms with Crippen molar-refractivity contribution in [1.82, 2.24) is 14.8 Å². The molecule has 114 valence electrons. The molecular formula is C16H18N4OS. The number of hydrogen-bond acceptors (Lipinski definition) is 4. The van der Waals surface area contributed by atoms with Crippen LogP contribution in [0.5, 0.6) is 0 Å². The van der Waals surface area contributed by atoms with Crippen LogP contribution in [0.2, 0.25) is 0 Å². The number of thiazole rings is 1. The summed E-state index contributed by atoms with van der Waals surface area (Å²) in [5.41, 5.74) is 5.19. The van der Waals surface area contributed by atoms with Gasteiger partial charge in [-0.05, 0) is 51.0 Å². The average Bonchev–Trinajstić information content (AvgIpc) is 2.93. The van der Waals surface area contributed by atoms with Gasteiger partial charge in [-0.3, -0.25) is 9.48 Å². The maximum absolute atomic E-state index is 12.2. The summed E-state index contributed by atoms with van der Waals surface area (Å²) in [5, 5.41) is 7.80. The molecule has 0 aliphatic heterocycles. The Hall–Kier alpha value is -2.21. The SMILES string of the molecule is Cc1cc(C)c2sc(NC(=O)Cn3nc(C)cc3C)nc2c1. The Bertz CT molecular complexity index is 863. The molecule has 0 fully saturated rings. The highest BCUT2D eigenvalue weighted by atomic mass is 32.1. The lowest BCUT2D eigenvalue weighted by Crippen LogP contribution is -2.20. The molecule has 2 heterocycles. The monoisotopic (exact) mass is 314 g/mol. The van der Waals surface area contributed by atoms with Crippen molar-refractivity contribution >= 4 is 32.6 Å². The van der Waals surface area contributed by atoms with E-state index < -0.39 is 0 Å². The van der Waals surface area contributed by atoms with Crippen LogP contribution < -0.4 is 5.32 Å². The topological polar surface area (TPSA) is 59.8 Å². The van der Waals surface area contributed by atoms with Crippen molar-refractivity contribution in [3.63, 3.8) is 0 Å². The van der Waals surface area contributed by atoms with E-state index in [-0.39, 0.29) is 12.5 Å². The second kappa shape index (κ2) is 5.53. The predicted octanol–water partition coefficient (Wildman–Crippen LogP) is 3.37. The molecule has 0 radical (unpaired) electrons. The molecule has 2 aromatic heterocycles. The van der Waals surface area contributed by atoms with Gasteiger partial charge in [-0.1, -0.05) is 17.4 Å². The number of rotatable bonds is 3. The molecule has 3 rings (SSSR count). The van der Waals surface area contributed by atoms with Gasteiger partial charge in [0.15, 0.2) is 5.13 Å². The van der Waals surface area contributed by atoms with Crippen LogP contribution in [0.3, 0.4) is 0 Å². The van der Waals surface area contributed by atoms with E-state index in [0.717, 1.165) is 21.6 Å². The van der Waals surface area contributed by atoms with Crippen LogP contribution in [-0.2, 0) is 11.3 Å². The Balaban J connectivity index is 1.79. The lowest BCUT2D eigenvalue weighted by Gasteiger charge is -2.03. The van der Waals surface area contributed by atoms with Crippen molar-refractivity contribution < 1.29 is 4.79 Å². The highest BCUT2D eigenvalue weighted by Crippen LogP contribution is 2.29. The Morgan fingerprint density at radius 2 is 2.00 bits per heavy atom. The third kappa shape index (κ3) is 2.87. The zero-order valence-electron chi connectivity index (χ0n) is 13.1. The molecule has 0 spiro atoms. The number of nitrogens with one attached hydrogen (secondary N) is 1. The van der Waals surface area contributed by atoms with E-state index in [1.54, 1.807) is 4.68 Å². The van der Waals surface area contributed by atoms with Crippen LogP contribution in [0.4, 0.5) is 5.13 Å². The van der Waals surface area contributed by atoms with Gasteiger partial charge < -0.3 is 5.32 Å². The molecule has 0 bridgehead atoms. The summed E-state index contributed by atoms with van der Waals surface area (Å²) in [4.78, 5) is 16.7. The fourth-order valence-corrected chi connectivity index (χ4v) is 3.49. The van der Waals surface area contributed by atoms with E-state index in [1.165, 1.54) is 22.5 Å². The molecule has 0 atom stereocenters. The first kappa shape index (κ1) is 14.7. The molecule has 0 aliphatic rings. The lowest BCUT2D eigenvalue weighted by molar-refractivity contribution is -0.116. The molecule has 0 saturated carbocycles. The number of amides is 1. The van der Waals surface area contributed by atoms with E-state index in [4.69, 9.17) is 0 Å². The fourth-order valence-electron chi connectivity index (χ4n) is 2.56. The summed E-state index contributed by atoms with van der Waals surface area (Å²) in [7, 11) is 0. The quantitative estimate of drug-likeness (QED) is 0.806. The van der Waals surface area contributed by atoms with Crippen molar-refractivity contribution in [3.05, 3.63) is 40.7 Å². The molecule has 1 aromatic carbocycles. The number of aromatic nitrogens is 3. The summed E-state index contributed by atoms with van der Waals surface area (Å²) in [6.07, 6.45) is 0. The summed E-state index contributed by atoms with van der Waals surface area (Å²) in [6.45, 7) is 8.17. The lowest BCUT2D eigenvalue weighted by atomic mass is 10.1. The van der Waals surface area contributed by atoms with Crippen molar-refractivity contribution in [3.8, 4) is 0 Å². The highest BCUT2D eigenvalue weighted by Gasteiger charge is 2.11. The molecule has 0 saturated heterocycles. The molecule has 22 heavy (non-hydrogen) atoms. The fraction of sp³-hybridized carbons (Fsp3) is 0.312. The zero-order chi connectivity index (χ0) is 15.9. The maximum Gasteiger partial charge on any atom is 0.247 e.